The van der Waals surface area contributed by atoms with Gasteiger partial charge in [-0.05, 0) is 42.9 Å². The van der Waals surface area contributed by atoms with E-state index in [-0.39, 0.29) is 25.2 Å². The predicted molar refractivity (Wildman–Crippen MR) is 148 cm³/mol. The van der Waals surface area contributed by atoms with Gasteiger partial charge < -0.3 is 34.3 Å². The van der Waals surface area contributed by atoms with E-state index in [4.69, 9.17) is 24.1 Å². The minimum atomic E-state index is -0.795. The maximum Gasteiger partial charge on any atom is 0.303 e. The first-order valence-corrected chi connectivity index (χ1v) is 13.6. The second-order valence-electron chi connectivity index (χ2n) is 10.5. The van der Waals surface area contributed by atoms with Crippen LogP contribution in [0.4, 0.5) is 0 Å². The molecule has 0 saturated heterocycles. The Hall–Kier alpha value is -1.81. The summed E-state index contributed by atoms with van der Waals surface area (Å²) in [7, 11) is 3.23. The second-order valence-corrected chi connectivity index (χ2v) is 10.5. The minimum Gasteiger partial charge on any atom is -0.481 e. The number of benzene rings is 1. The fourth-order valence-corrected chi connectivity index (χ4v) is 4.26. The van der Waals surface area contributed by atoms with Gasteiger partial charge in [0.2, 0.25) is 0 Å². The number of aliphatic hydroxyl groups is 2. The van der Waals surface area contributed by atoms with Crippen LogP contribution in [0, 0.1) is 5.92 Å². The minimum absolute atomic E-state index is 0.136. The van der Waals surface area contributed by atoms with Gasteiger partial charge in [0.15, 0.2) is 0 Å². The molecule has 1 rings (SSSR count). The SMILES string of the molecule is CCC(C=C(C)C(O)CC(CC(O)C(C)(C)c1cccc(CCCC(=O)O)c1)OC)COCOCCOC. The van der Waals surface area contributed by atoms with E-state index in [1.54, 1.807) is 14.2 Å². The number of aliphatic carboxylic acids is 1. The molecule has 1 aromatic carbocycles. The Morgan fingerprint density at radius 3 is 2.47 bits per heavy atom. The summed E-state index contributed by atoms with van der Waals surface area (Å²) in [6.07, 6.45) is 3.33. The summed E-state index contributed by atoms with van der Waals surface area (Å²) in [5, 5.41) is 31.0. The van der Waals surface area contributed by atoms with Crippen molar-refractivity contribution in [1.82, 2.24) is 0 Å². The van der Waals surface area contributed by atoms with Crippen LogP contribution >= 0.6 is 0 Å². The average molecular weight is 539 g/mol. The molecule has 38 heavy (non-hydrogen) atoms. The van der Waals surface area contributed by atoms with E-state index in [1.165, 1.54) is 0 Å². The molecule has 8 heteroatoms. The molecule has 0 saturated carbocycles. The lowest BCUT2D eigenvalue weighted by Gasteiger charge is -2.34. The van der Waals surface area contributed by atoms with Crippen LogP contribution in [0.15, 0.2) is 35.9 Å². The summed E-state index contributed by atoms with van der Waals surface area (Å²) in [5.41, 5.74) is 2.34. The first kappa shape index (κ1) is 34.2. The van der Waals surface area contributed by atoms with E-state index < -0.39 is 23.6 Å². The van der Waals surface area contributed by atoms with Gasteiger partial charge in [-0.2, -0.15) is 0 Å². The zero-order valence-electron chi connectivity index (χ0n) is 24.2. The van der Waals surface area contributed by atoms with Crippen molar-refractivity contribution in [3.05, 3.63) is 47.0 Å². The molecule has 8 nitrogen and oxygen atoms in total. The molecule has 0 aliphatic carbocycles. The molecule has 1 aromatic rings. The Bertz CT molecular complexity index is 822. The number of ether oxygens (including phenoxy) is 4. The molecule has 0 spiro atoms. The Morgan fingerprint density at radius 2 is 1.84 bits per heavy atom. The van der Waals surface area contributed by atoms with Crippen molar-refractivity contribution in [3.8, 4) is 0 Å². The molecule has 0 aliphatic heterocycles. The van der Waals surface area contributed by atoms with E-state index in [0.29, 0.717) is 45.5 Å². The fourth-order valence-electron chi connectivity index (χ4n) is 4.26. The highest BCUT2D eigenvalue weighted by Gasteiger charge is 2.32. The quantitative estimate of drug-likeness (QED) is 0.119. The maximum atomic E-state index is 11.2. The van der Waals surface area contributed by atoms with Gasteiger partial charge in [0.1, 0.15) is 6.79 Å². The van der Waals surface area contributed by atoms with E-state index >= 15 is 0 Å². The molecule has 0 amide bonds. The lowest BCUT2D eigenvalue weighted by Crippen LogP contribution is -2.38. The first-order valence-electron chi connectivity index (χ1n) is 13.6. The number of carboxylic acids is 1. The Morgan fingerprint density at radius 1 is 1.11 bits per heavy atom. The maximum absolute atomic E-state index is 11.2. The number of rotatable bonds is 21. The number of hydrogen-bond donors (Lipinski definition) is 3. The van der Waals surface area contributed by atoms with Crippen LogP contribution < -0.4 is 0 Å². The Labute approximate surface area is 228 Å². The Balaban J connectivity index is 2.70. The zero-order valence-corrected chi connectivity index (χ0v) is 24.2. The van der Waals surface area contributed by atoms with E-state index in [0.717, 1.165) is 23.1 Å². The van der Waals surface area contributed by atoms with E-state index in [9.17, 15) is 15.0 Å². The van der Waals surface area contributed by atoms with E-state index in [2.05, 4.69) is 6.92 Å². The lowest BCUT2D eigenvalue weighted by atomic mass is 9.76. The largest absolute Gasteiger partial charge is 0.481 e. The highest BCUT2D eigenvalue weighted by atomic mass is 16.7. The number of aryl methyl sites for hydroxylation is 1. The molecule has 0 aromatic heterocycles. The van der Waals surface area contributed by atoms with Gasteiger partial charge in [0.05, 0.1) is 38.1 Å². The zero-order chi connectivity index (χ0) is 28.6. The molecule has 4 unspecified atom stereocenters. The van der Waals surface area contributed by atoms with Crippen LogP contribution in [0.25, 0.3) is 0 Å². The van der Waals surface area contributed by atoms with Crippen LogP contribution in [-0.4, -0.2) is 80.4 Å². The van der Waals surface area contributed by atoms with Crippen LogP contribution in [0.5, 0.6) is 0 Å². The smallest absolute Gasteiger partial charge is 0.303 e. The van der Waals surface area contributed by atoms with Gasteiger partial charge in [-0.3, -0.25) is 4.79 Å². The van der Waals surface area contributed by atoms with Crippen molar-refractivity contribution in [3.63, 3.8) is 0 Å². The molecule has 0 aliphatic rings. The van der Waals surface area contributed by atoms with Crippen molar-refractivity contribution in [2.45, 2.75) is 89.9 Å². The third-order valence-electron chi connectivity index (χ3n) is 7.14. The summed E-state index contributed by atoms with van der Waals surface area (Å²) in [5.74, 6) is -0.638. The topological polar surface area (TPSA) is 115 Å². The number of methoxy groups -OCH3 is 2. The number of carboxylic acid groups (broad SMARTS) is 1. The molecule has 3 N–H and O–H groups in total. The number of carbonyl (C=O) groups is 1. The highest BCUT2D eigenvalue weighted by molar-refractivity contribution is 5.66. The molecular weight excluding hydrogens is 488 g/mol. The average Bonchev–Trinajstić information content (AvgIpc) is 2.89. The summed E-state index contributed by atoms with van der Waals surface area (Å²) in [4.78, 5) is 10.8. The summed E-state index contributed by atoms with van der Waals surface area (Å²) < 4.78 is 21.5. The van der Waals surface area contributed by atoms with Gasteiger partial charge in [0, 0.05) is 44.8 Å². The van der Waals surface area contributed by atoms with Crippen molar-refractivity contribution >= 4 is 5.97 Å². The van der Waals surface area contributed by atoms with Crippen molar-refractivity contribution in [2.24, 2.45) is 5.92 Å². The van der Waals surface area contributed by atoms with Crippen molar-refractivity contribution in [1.29, 1.82) is 0 Å². The molecule has 0 heterocycles. The van der Waals surface area contributed by atoms with Gasteiger partial charge in [-0.1, -0.05) is 51.1 Å². The van der Waals surface area contributed by atoms with Crippen LogP contribution in [0.3, 0.4) is 0 Å². The van der Waals surface area contributed by atoms with Crippen LogP contribution in [0.1, 0.15) is 70.9 Å². The molecule has 4 atom stereocenters. The predicted octanol–water partition coefficient (Wildman–Crippen LogP) is 4.50. The Kier molecular flexibility index (Phi) is 16.6. The summed E-state index contributed by atoms with van der Waals surface area (Å²) >= 11 is 0. The standard InChI is InChI=1S/C30H50O8/c1-7-23(20-38-21-37-15-14-35-5)16-22(2)27(31)18-26(36-6)19-28(32)30(3,4)25-12-8-10-24(17-25)11-9-13-29(33)34/h8,10,12,16-17,23,26-28,31-32H,7,9,11,13-15,18-21H2,1-6H3,(H,33,34). The van der Waals surface area contributed by atoms with Gasteiger partial charge in [-0.15, -0.1) is 0 Å². The first-order chi connectivity index (χ1) is 18.0. The molecule has 0 radical (unpaired) electrons. The van der Waals surface area contributed by atoms with Crippen molar-refractivity contribution in [2.75, 3.05) is 40.8 Å². The van der Waals surface area contributed by atoms with E-state index in [1.807, 2.05) is 51.1 Å². The normalized spacial score (nSPS) is 15.7. The molecular formula is C30H50O8. The fraction of sp³-hybridized carbons (Fsp3) is 0.700. The van der Waals surface area contributed by atoms with Crippen LogP contribution in [0.2, 0.25) is 0 Å². The van der Waals surface area contributed by atoms with Gasteiger partial charge in [-0.25, -0.2) is 0 Å². The number of hydrogen-bond acceptors (Lipinski definition) is 7. The summed E-state index contributed by atoms with van der Waals surface area (Å²) in [6, 6.07) is 7.97. The third-order valence-corrected chi connectivity index (χ3v) is 7.14. The molecule has 0 fully saturated rings. The third kappa shape index (κ3) is 12.8. The summed E-state index contributed by atoms with van der Waals surface area (Å²) in [6.45, 7) is 9.70. The number of aliphatic hydroxyl groups excluding tert-OH is 2. The van der Waals surface area contributed by atoms with Crippen LogP contribution in [-0.2, 0) is 35.6 Å². The monoisotopic (exact) mass is 538 g/mol. The highest BCUT2D eigenvalue weighted by Crippen LogP contribution is 2.32. The lowest BCUT2D eigenvalue weighted by molar-refractivity contribution is -0.137. The molecule has 0 bridgehead atoms. The second kappa shape index (κ2) is 18.5. The van der Waals surface area contributed by atoms with Gasteiger partial charge in [0.25, 0.3) is 0 Å². The van der Waals surface area contributed by atoms with Gasteiger partial charge >= 0.3 is 5.97 Å². The molecule has 218 valence electrons. The van der Waals surface area contributed by atoms with Crippen molar-refractivity contribution < 1.29 is 39.1 Å².